The average Bonchev–Trinajstić information content (AvgIpc) is 3.44. The predicted molar refractivity (Wildman–Crippen MR) is 139 cm³/mol. The van der Waals surface area contributed by atoms with E-state index in [4.69, 9.17) is 4.98 Å². The highest BCUT2D eigenvalue weighted by atomic mass is 16.2. The van der Waals surface area contributed by atoms with Gasteiger partial charge in [-0.15, -0.1) is 0 Å². The summed E-state index contributed by atoms with van der Waals surface area (Å²) in [5.74, 6) is 2.73. The Morgan fingerprint density at radius 2 is 1.65 bits per heavy atom. The van der Waals surface area contributed by atoms with Crippen LogP contribution in [0.1, 0.15) is 24.5 Å². The first-order valence-electron chi connectivity index (χ1n) is 12.4. The number of hydrogen-bond acceptors (Lipinski definition) is 3. The summed E-state index contributed by atoms with van der Waals surface area (Å²) in [4.78, 5) is 23.1. The van der Waals surface area contributed by atoms with E-state index in [0.29, 0.717) is 17.8 Å². The second kappa shape index (κ2) is 8.43. The second-order valence-electron chi connectivity index (χ2n) is 10.2. The lowest BCUT2D eigenvalue weighted by atomic mass is 9.87. The smallest absolute Gasteiger partial charge is 0.254 e. The van der Waals surface area contributed by atoms with Crippen LogP contribution in [-0.2, 0) is 4.79 Å². The highest BCUT2D eigenvalue weighted by molar-refractivity contribution is 6.09. The summed E-state index contributed by atoms with van der Waals surface area (Å²) in [5, 5.41) is 1.22. The normalized spacial score (nSPS) is 24.2. The molecule has 1 aromatic heterocycles. The van der Waals surface area contributed by atoms with Crippen molar-refractivity contribution in [2.75, 3.05) is 31.1 Å². The minimum absolute atomic E-state index is 0.197. The number of nitrogens with zero attached hydrogens (tertiary/aromatic N) is 3. The minimum atomic E-state index is 0.197. The molecule has 2 aliphatic heterocycles. The third kappa shape index (κ3) is 3.71. The fourth-order valence-electron chi connectivity index (χ4n) is 5.94. The zero-order valence-electron chi connectivity index (χ0n) is 19.9. The molecule has 0 saturated carbocycles. The molecule has 4 heteroatoms. The van der Waals surface area contributed by atoms with Gasteiger partial charge >= 0.3 is 0 Å². The van der Waals surface area contributed by atoms with Crippen LogP contribution >= 0.6 is 0 Å². The van der Waals surface area contributed by atoms with E-state index < -0.39 is 0 Å². The van der Waals surface area contributed by atoms with Gasteiger partial charge in [-0.3, -0.25) is 4.79 Å². The van der Waals surface area contributed by atoms with Crippen LogP contribution in [0, 0.1) is 24.7 Å². The van der Waals surface area contributed by atoms with Crippen molar-refractivity contribution in [3.05, 3.63) is 89.5 Å². The number of pyridine rings is 1. The molecule has 2 fully saturated rings. The van der Waals surface area contributed by atoms with Crippen molar-refractivity contribution < 1.29 is 4.79 Å². The number of rotatable bonds is 3. The summed E-state index contributed by atoms with van der Waals surface area (Å²) in [6, 6.07) is 20.9. The Morgan fingerprint density at radius 1 is 0.941 bits per heavy atom. The molecule has 3 unspecified atom stereocenters. The summed E-state index contributed by atoms with van der Waals surface area (Å²) < 4.78 is 0. The van der Waals surface area contributed by atoms with Crippen LogP contribution in [0.5, 0.6) is 0 Å². The van der Waals surface area contributed by atoms with Gasteiger partial charge in [-0.25, -0.2) is 4.98 Å². The number of aryl methyl sites for hydroxylation is 1. The van der Waals surface area contributed by atoms with Gasteiger partial charge in [0.1, 0.15) is 5.82 Å². The van der Waals surface area contributed by atoms with Crippen LogP contribution in [0.15, 0.2) is 78.4 Å². The highest BCUT2D eigenvalue weighted by Gasteiger charge is 2.43. The third-order valence-corrected chi connectivity index (χ3v) is 7.76. The Bertz CT molecular complexity index is 1300. The van der Waals surface area contributed by atoms with Gasteiger partial charge in [0.15, 0.2) is 0 Å². The molecule has 6 rings (SSSR count). The van der Waals surface area contributed by atoms with Gasteiger partial charge in [-0.2, -0.15) is 0 Å². The first kappa shape index (κ1) is 21.2. The molecule has 0 radical (unpaired) electrons. The summed E-state index contributed by atoms with van der Waals surface area (Å²) in [6.07, 6.45) is 5.37. The molecule has 3 atom stereocenters. The largest absolute Gasteiger partial charge is 0.356 e. The lowest BCUT2D eigenvalue weighted by Crippen LogP contribution is -2.35. The van der Waals surface area contributed by atoms with Crippen LogP contribution in [0.3, 0.4) is 0 Å². The van der Waals surface area contributed by atoms with E-state index in [1.807, 2.05) is 6.07 Å². The van der Waals surface area contributed by atoms with Crippen molar-refractivity contribution in [2.45, 2.75) is 20.3 Å². The van der Waals surface area contributed by atoms with Crippen molar-refractivity contribution in [1.82, 2.24) is 9.88 Å². The average molecular weight is 450 g/mol. The van der Waals surface area contributed by atoms with E-state index in [-0.39, 0.29) is 5.91 Å². The second-order valence-corrected chi connectivity index (χ2v) is 10.2. The maximum Gasteiger partial charge on any atom is 0.254 e. The van der Waals surface area contributed by atoms with Crippen molar-refractivity contribution in [3.63, 3.8) is 0 Å². The molecule has 2 saturated heterocycles. The summed E-state index contributed by atoms with van der Waals surface area (Å²) in [7, 11) is 0. The molecule has 3 aliphatic rings. The molecule has 34 heavy (non-hydrogen) atoms. The first-order chi connectivity index (χ1) is 16.6. The highest BCUT2D eigenvalue weighted by Crippen LogP contribution is 2.37. The van der Waals surface area contributed by atoms with Crippen LogP contribution in [0.4, 0.5) is 5.82 Å². The van der Waals surface area contributed by atoms with E-state index in [2.05, 4.69) is 90.4 Å². The van der Waals surface area contributed by atoms with Gasteiger partial charge in [0.05, 0.1) is 5.52 Å². The fourth-order valence-corrected chi connectivity index (χ4v) is 5.94. The maximum absolute atomic E-state index is 13.7. The fraction of sp³-hybridized carbons (Fsp3) is 0.333. The summed E-state index contributed by atoms with van der Waals surface area (Å²) >= 11 is 0. The van der Waals surface area contributed by atoms with E-state index in [9.17, 15) is 4.79 Å². The van der Waals surface area contributed by atoms with Crippen molar-refractivity contribution in [3.8, 4) is 0 Å². The number of fused-ring (bicyclic) bond motifs is 2. The number of para-hydroxylation sites is 1. The number of anilines is 1. The van der Waals surface area contributed by atoms with Gasteiger partial charge in [-0.1, -0.05) is 67.6 Å². The van der Waals surface area contributed by atoms with E-state index in [1.54, 1.807) is 0 Å². The Morgan fingerprint density at radius 3 is 2.41 bits per heavy atom. The van der Waals surface area contributed by atoms with Gasteiger partial charge in [0.2, 0.25) is 0 Å². The minimum Gasteiger partial charge on any atom is -0.356 e. The molecule has 0 bridgehead atoms. The molecule has 0 N–H and O–H groups in total. The van der Waals surface area contributed by atoms with E-state index in [1.165, 1.54) is 10.9 Å². The number of amides is 1. The molecule has 1 aliphatic carbocycles. The molecular formula is C30H31N3O. The van der Waals surface area contributed by atoms with Crippen LogP contribution in [-0.4, -0.2) is 42.0 Å². The predicted octanol–water partition coefficient (Wildman–Crippen LogP) is 5.49. The Kier molecular flexibility index (Phi) is 5.24. The lowest BCUT2D eigenvalue weighted by molar-refractivity contribution is -0.126. The molecule has 2 aromatic carbocycles. The zero-order chi connectivity index (χ0) is 23.2. The van der Waals surface area contributed by atoms with Crippen LogP contribution < -0.4 is 4.90 Å². The summed E-state index contributed by atoms with van der Waals surface area (Å²) in [6.45, 7) is 8.00. The number of allylic oxidation sites excluding steroid dienone is 2. The molecular weight excluding hydrogens is 418 g/mol. The molecule has 172 valence electrons. The van der Waals surface area contributed by atoms with Crippen molar-refractivity contribution in [1.29, 1.82) is 0 Å². The van der Waals surface area contributed by atoms with Gasteiger partial charge in [0.25, 0.3) is 5.91 Å². The number of hydrogen-bond donors (Lipinski definition) is 0. The zero-order valence-corrected chi connectivity index (χ0v) is 19.9. The van der Waals surface area contributed by atoms with Crippen molar-refractivity contribution in [2.24, 2.45) is 17.8 Å². The van der Waals surface area contributed by atoms with Crippen molar-refractivity contribution >= 4 is 28.2 Å². The first-order valence-corrected chi connectivity index (χ1v) is 12.4. The van der Waals surface area contributed by atoms with E-state index in [0.717, 1.165) is 60.6 Å². The summed E-state index contributed by atoms with van der Waals surface area (Å²) in [5.41, 5.74) is 5.45. The van der Waals surface area contributed by atoms with Crippen LogP contribution in [0.2, 0.25) is 0 Å². The third-order valence-electron chi connectivity index (χ3n) is 7.76. The molecule has 3 aromatic rings. The lowest BCUT2D eigenvalue weighted by Gasteiger charge is -2.26. The molecule has 1 amide bonds. The number of carbonyl (C=O) groups excluding carboxylic acids is 1. The Labute approximate surface area is 201 Å². The topological polar surface area (TPSA) is 36.4 Å². The number of benzene rings is 2. The maximum atomic E-state index is 13.7. The van der Waals surface area contributed by atoms with Crippen LogP contribution in [0.25, 0.3) is 16.5 Å². The quantitative estimate of drug-likeness (QED) is 0.531. The monoisotopic (exact) mass is 449 g/mol. The Hall–Kier alpha value is -3.40. The van der Waals surface area contributed by atoms with Gasteiger partial charge in [-0.05, 0) is 48.1 Å². The number of likely N-dealkylation sites (tertiary alicyclic amines) is 1. The molecule has 0 spiro atoms. The standard InChI is InChI=1S/C30H31N3O/c1-20-12-13-26(27(14-20)22-8-4-3-5-9-22)30(34)33-18-23-16-32(17-24(23)19-33)29-15-21(2)25-10-6-7-11-28(25)31-29/h3-11,13-15,20,23-24H,12,16-19H2,1-2H3. The van der Waals surface area contributed by atoms with E-state index >= 15 is 0 Å². The van der Waals surface area contributed by atoms with Gasteiger partial charge < -0.3 is 9.80 Å². The molecule has 4 nitrogen and oxygen atoms in total. The number of aromatic nitrogens is 1. The molecule has 3 heterocycles. The number of carbonyl (C=O) groups is 1. The Balaban J connectivity index is 1.18. The SMILES string of the molecule is Cc1cc(N2CC3CN(C(=O)C4=CCC(C)C=C4c4ccccc4)CC3C2)nc2ccccc12. The van der Waals surface area contributed by atoms with Gasteiger partial charge in [0, 0.05) is 49.0 Å².